The van der Waals surface area contributed by atoms with Crippen molar-refractivity contribution in [2.45, 2.75) is 42.3 Å². The Kier molecular flexibility index (Phi) is 6.98. The van der Waals surface area contributed by atoms with Gasteiger partial charge >= 0.3 is 5.76 Å². The lowest BCUT2D eigenvalue weighted by Gasteiger charge is -2.45. The van der Waals surface area contributed by atoms with Gasteiger partial charge in [-0.05, 0) is 48.9 Å². The number of aromatic amines is 2. The van der Waals surface area contributed by atoms with Crippen molar-refractivity contribution < 1.29 is 13.2 Å². The number of anilines is 2. The van der Waals surface area contributed by atoms with E-state index >= 15 is 0 Å². The van der Waals surface area contributed by atoms with E-state index in [9.17, 15) is 13.6 Å². The molecule has 1 saturated carbocycles. The number of benzene rings is 1. The molecule has 0 amide bonds. The zero-order valence-corrected chi connectivity index (χ0v) is 21.1. The number of aromatic nitrogens is 5. The molecule has 1 aliphatic carbocycles. The summed E-state index contributed by atoms with van der Waals surface area (Å²) in [6, 6.07) is 12.5. The highest BCUT2D eigenvalue weighted by Crippen LogP contribution is 2.49. The molecule has 1 aromatic carbocycles. The Morgan fingerprint density at radius 3 is 2.75 bits per heavy atom. The number of rotatable bonds is 7. The molecule has 0 saturated heterocycles. The van der Waals surface area contributed by atoms with E-state index in [4.69, 9.17) is 27.6 Å². The van der Waals surface area contributed by atoms with Gasteiger partial charge in [0.05, 0.1) is 21.7 Å². The van der Waals surface area contributed by atoms with E-state index < -0.39 is 27.5 Å². The first-order valence-electron chi connectivity index (χ1n) is 11.2. The summed E-state index contributed by atoms with van der Waals surface area (Å²) in [7, 11) is 0. The maximum Gasteiger partial charge on any atom is 0.434 e. The van der Waals surface area contributed by atoms with Crippen molar-refractivity contribution >= 4 is 45.9 Å². The van der Waals surface area contributed by atoms with Gasteiger partial charge in [-0.15, -0.1) is 5.10 Å². The molecule has 4 atom stereocenters. The summed E-state index contributed by atoms with van der Waals surface area (Å²) in [4.78, 5) is 16.6. The molecule has 36 heavy (non-hydrogen) atoms. The van der Waals surface area contributed by atoms with Gasteiger partial charge in [-0.2, -0.15) is 5.10 Å². The third-order valence-electron chi connectivity index (χ3n) is 6.64. The number of hydrogen-bond acceptors (Lipinski definition) is 8. The van der Waals surface area contributed by atoms with E-state index in [1.165, 1.54) is 0 Å². The van der Waals surface area contributed by atoms with E-state index in [0.717, 1.165) is 5.56 Å². The van der Waals surface area contributed by atoms with Crippen molar-refractivity contribution in [3.63, 3.8) is 0 Å². The van der Waals surface area contributed by atoms with Crippen LogP contribution in [-0.2, 0) is 22.9 Å². The minimum atomic E-state index is -2.52. The number of hydrogen-bond donors (Lipinski definition) is 3. The first-order valence-corrected chi connectivity index (χ1v) is 13.1. The lowest BCUT2D eigenvalue weighted by atomic mass is 9.66. The zero-order valence-electron chi connectivity index (χ0n) is 18.7. The predicted molar refractivity (Wildman–Crippen MR) is 134 cm³/mol. The minimum Gasteiger partial charge on any atom is -0.772 e. The molecule has 13 heteroatoms. The van der Waals surface area contributed by atoms with Crippen molar-refractivity contribution in [1.29, 1.82) is 0 Å². The van der Waals surface area contributed by atoms with Crippen molar-refractivity contribution in [3.05, 3.63) is 86.4 Å². The van der Waals surface area contributed by atoms with Crippen LogP contribution >= 0.6 is 23.2 Å². The third-order valence-corrected chi connectivity index (χ3v) is 8.58. The number of pyridine rings is 1. The second-order valence-corrected chi connectivity index (χ2v) is 10.6. The lowest BCUT2D eigenvalue weighted by molar-refractivity contribution is 0.213. The van der Waals surface area contributed by atoms with Crippen LogP contribution in [-0.4, -0.2) is 39.4 Å². The molecule has 2 unspecified atom stereocenters. The first-order chi connectivity index (χ1) is 17.4. The van der Waals surface area contributed by atoms with Gasteiger partial charge in [0.1, 0.15) is 11.6 Å². The molecule has 1 aliphatic rings. The Hall–Kier alpha value is -2.99. The van der Waals surface area contributed by atoms with Gasteiger partial charge in [0.2, 0.25) is 5.89 Å². The van der Waals surface area contributed by atoms with Gasteiger partial charge in [0, 0.05) is 23.4 Å². The standard InChI is InChI=1S/C23H22Cl2N6O4S/c24-16-5-2-4-15(20(16)25)13-7-9-23(17(11-13)36(33)34,21-30-31-22(32)35-21)12-14-3-1-6-18(27-14)28-19-8-10-26-29-19/h1-6,8,10,13,17H,7,9,11-12H2,(H,31,32)(H,33,34)(H2,26,27,28,29)/p-1/t13?,17-,23+/m1/s1. The molecule has 3 aromatic heterocycles. The molecule has 0 radical (unpaired) electrons. The largest absolute Gasteiger partial charge is 0.772 e. The van der Waals surface area contributed by atoms with E-state index in [-0.39, 0.29) is 24.7 Å². The SMILES string of the molecule is O=c1[nH]nc([C@]2(Cc3cccc(Nc4ccn[nH]4)n3)CCC(c3cccc(Cl)c3Cl)C[C@H]2S(=O)[O-])o1. The molecule has 3 N–H and O–H groups in total. The van der Waals surface area contributed by atoms with Gasteiger partial charge in [0.15, 0.2) is 0 Å². The normalized spacial score (nSPS) is 22.9. The number of nitrogens with zero attached hydrogens (tertiary/aromatic N) is 3. The Labute approximate surface area is 218 Å². The Bertz CT molecular complexity index is 1440. The van der Waals surface area contributed by atoms with Crippen LogP contribution in [0.3, 0.4) is 0 Å². The number of halogens is 2. The van der Waals surface area contributed by atoms with Gasteiger partial charge in [0.25, 0.3) is 0 Å². The lowest BCUT2D eigenvalue weighted by Crippen LogP contribution is -2.48. The summed E-state index contributed by atoms with van der Waals surface area (Å²) >= 11 is 10.2. The summed E-state index contributed by atoms with van der Waals surface area (Å²) in [5.41, 5.74) is 0.285. The molecule has 10 nitrogen and oxygen atoms in total. The summed E-state index contributed by atoms with van der Waals surface area (Å²) in [6.45, 7) is 0. The van der Waals surface area contributed by atoms with Gasteiger partial charge < -0.3 is 14.3 Å². The van der Waals surface area contributed by atoms with Crippen LogP contribution in [0.2, 0.25) is 10.0 Å². The Balaban J connectivity index is 1.52. The van der Waals surface area contributed by atoms with Crippen LogP contribution in [0.1, 0.15) is 42.3 Å². The van der Waals surface area contributed by atoms with Crippen LogP contribution in [0, 0.1) is 0 Å². The zero-order chi connectivity index (χ0) is 25.3. The van der Waals surface area contributed by atoms with Crippen LogP contribution in [0.5, 0.6) is 0 Å². The molecule has 0 spiro atoms. The quantitative estimate of drug-likeness (QED) is 0.290. The van der Waals surface area contributed by atoms with Crippen molar-refractivity contribution in [3.8, 4) is 0 Å². The summed E-state index contributed by atoms with van der Waals surface area (Å²) in [5.74, 6) is 0.354. The molecule has 4 aromatic rings. The second-order valence-electron chi connectivity index (χ2n) is 8.72. The van der Waals surface area contributed by atoms with Gasteiger partial charge in [-0.25, -0.2) is 14.9 Å². The average Bonchev–Trinajstić information content (AvgIpc) is 3.53. The molecule has 0 bridgehead atoms. The fourth-order valence-electron chi connectivity index (χ4n) is 4.98. The van der Waals surface area contributed by atoms with Gasteiger partial charge in [-0.1, -0.05) is 52.5 Å². The van der Waals surface area contributed by atoms with E-state index in [2.05, 4.69) is 30.7 Å². The number of nitrogens with one attached hydrogen (secondary N) is 3. The van der Waals surface area contributed by atoms with Crippen molar-refractivity contribution in [2.24, 2.45) is 0 Å². The predicted octanol–water partition coefficient (Wildman–Crippen LogP) is 4.23. The highest BCUT2D eigenvalue weighted by molar-refractivity contribution is 7.79. The Morgan fingerprint density at radius 2 is 2.03 bits per heavy atom. The van der Waals surface area contributed by atoms with Crippen LogP contribution < -0.4 is 11.1 Å². The summed E-state index contributed by atoms with van der Waals surface area (Å²) < 4.78 is 30.8. The van der Waals surface area contributed by atoms with Crippen LogP contribution in [0.4, 0.5) is 11.6 Å². The maximum absolute atomic E-state index is 12.7. The topological polar surface area (TPSA) is 153 Å². The molecule has 3 heterocycles. The molecule has 188 valence electrons. The fraction of sp³-hybridized carbons (Fsp3) is 0.304. The van der Waals surface area contributed by atoms with E-state index in [0.29, 0.717) is 40.2 Å². The Morgan fingerprint density at radius 1 is 1.19 bits per heavy atom. The highest BCUT2D eigenvalue weighted by Gasteiger charge is 2.50. The van der Waals surface area contributed by atoms with E-state index in [1.54, 1.807) is 36.5 Å². The van der Waals surface area contributed by atoms with Gasteiger partial charge in [-0.3, -0.25) is 9.31 Å². The molecular weight excluding hydrogens is 527 g/mol. The number of H-pyrrole nitrogens is 2. The monoisotopic (exact) mass is 547 g/mol. The van der Waals surface area contributed by atoms with Crippen molar-refractivity contribution in [2.75, 3.05) is 5.32 Å². The molecule has 5 rings (SSSR count). The van der Waals surface area contributed by atoms with Crippen molar-refractivity contribution in [1.82, 2.24) is 25.4 Å². The maximum atomic E-state index is 12.7. The highest BCUT2D eigenvalue weighted by atomic mass is 35.5. The van der Waals surface area contributed by atoms with Crippen LogP contribution in [0.15, 0.2) is 57.9 Å². The minimum absolute atomic E-state index is 0.0473. The average molecular weight is 548 g/mol. The second kappa shape index (κ2) is 10.2. The smallest absolute Gasteiger partial charge is 0.434 e. The summed E-state index contributed by atoms with van der Waals surface area (Å²) in [6.07, 6.45) is 3.00. The first kappa shape index (κ1) is 24.7. The molecule has 1 fully saturated rings. The van der Waals surface area contributed by atoms with E-state index in [1.807, 2.05) is 12.1 Å². The summed E-state index contributed by atoms with van der Waals surface area (Å²) in [5, 5.41) is 16.1. The fourth-order valence-corrected chi connectivity index (χ4v) is 6.50. The van der Waals surface area contributed by atoms with Crippen LogP contribution in [0.25, 0.3) is 0 Å². The molecule has 0 aliphatic heterocycles. The third kappa shape index (κ3) is 4.83. The molecular formula is C23H21Cl2N6O4S-.